The van der Waals surface area contributed by atoms with Crippen molar-refractivity contribution in [3.8, 4) is 78.1 Å². The molecule has 3 heterocycles. The quantitative estimate of drug-likeness (QED) is 0.164. The molecule has 0 atom stereocenters. The van der Waals surface area contributed by atoms with Crippen LogP contribution in [0.1, 0.15) is 0 Å². The zero-order valence-corrected chi connectivity index (χ0v) is 30.5. The minimum atomic E-state index is 0.636. The summed E-state index contributed by atoms with van der Waals surface area (Å²) in [6.07, 6.45) is 0. The number of hydrogen-bond donors (Lipinski definition) is 0. The van der Waals surface area contributed by atoms with Crippen molar-refractivity contribution < 1.29 is 0 Å². The second-order valence-corrected chi connectivity index (χ2v) is 14.4. The van der Waals surface area contributed by atoms with Gasteiger partial charge in [-0.3, -0.25) is 0 Å². The van der Waals surface area contributed by atoms with Gasteiger partial charge in [0.05, 0.1) is 15.9 Å². The highest BCUT2D eigenvalue weighted by atomic mass is 32.1. The van der Waals surface area contributed by atoms with Crippen molar-refractivity contribution in [1.82, 2.24) is 19.9 Å². The Morgan fingerprint density at radius 1 is 0.327 bits per heavy atom. The van der Waals surface area contributed by atoms with Crippen molar-refractivity contribution >= 4 is 32.3 Å². The van der Waals surface area contributed by atoms with Gasteiger partial charge in [-0.15, -0.1) is 11.3 Å². The zero-order chi connectivity index (χ0) is 36.6. The molecule has 0 unspecified atom stereocenters. The maximum Gasteiger partial charge on any atom is 0.164 e. The third-order valence-corrected chi connectivity index (χ3v) is 11.2. The van der Waals surface area contributed by atoms with E-state index in [1.54, 1.807) is 0 Å². The van der Waals surface area contributed by atoms with Gasteiger partial charge in [-0.1, -0.05) is 182 Å². The lowest BCUT2D eigenvalue weighted by Gasteiger charge is -2.11. The number of pyridine rings is 1. The molecule has 0 saturated carbocycles. The maximum atomic E-state index is 5.36. The van der Waals surface area contributed by atoms with Crippen molar-refractivity contribution in [1.29, 1.82) is 0 Å². The zero-order valence-electron chi connectivity index (χ0n) is 29.7. The van der Waals surface area contributed by atoms with Gasteiger partial charge in [-0.05, 0) is 34.4 Å². The fourth-order valence-corrected chi connectivity index (χ4v) is 8.63. The van der Waals surface area contributed by atoms with Crippen LogP contribution in [0.3, 0.4) is 0 Å². The van der Waals surface area contributed by atoms with E-state index >= 15 is 0 Å². The lowest BCUT2D eigenvalue weighted by Crippen LogP contribution is -2.00. The molecule has 0 aliphatic carbocycles. The summed E-state index contributed by atoms with van der Waals surface area (Å²) >= 11 is 1.83. The first-order chi connectivity index (χ1) is 27.3. The van der Waals surface area contributed by atoms with Crippen LogP contribution in [0.2, 0.25) is 0 Å². The minimum absolute atomic E-state index is 0.636. The van der Waals surface area contributed by atoms with Gasteiger partial charge < -0.3 is 0 Å². The molecular weight excluding hydrogens is 689 g/mol. The van der Waals surface area contributed by atoms with E-state index in [2.05, 4.69) is 133 Å². The van der Waals surface area contributed by atoms with Gasteiger partial charge in [0.1, 0.15) is 0 Å². The first-order valence-electron chi connectivity index (χ1n) is 18.3. The van der Waals surface area contributed by atoms with E-state index in [1.165, 1.54) is 31.7 Å². The van der Waals surface area contributed by atoms with Crippen LogP contribution in [-0.2, 0) is 0 Å². The number of rotatable bonds is 7. The van der Waals surface area contributed by atoms with Gasteiger partial charge >= 0.3 is 0 Å². The SMILES string of the molecule is c1ccc(-c2nc(-c3ccccc3)nc(-c3ccc(-c4cccc(-c5nc6ccccc6c6c(-c7ccccc7)c(-c7ccccc7)sc56)c4)cc3)n2)cc1. The van der Waals surface area contributed by atoms with Crippen LogP contribution in [0.5, 0.6) is 0 Å². The van der Waals surface area contributed by atoms with Crippen molar-refractivity contribution in [2.45, 2.75) is 0 Å². The Balaban J connectivity index is 1.09. The fourth-order valence-electron chi connectivity index (χ4n) is 7.27. The van der Waals surface area contributed by atoms with E-state index in [9.17, 15) is 0 Å². The summed E-state index contributed by atoms with van der Waals surface area (Å²) in [5, 5.41) is 2.40. The van der Waals surface area contributed by atoms with Crippen LogP contribution in [0.15, 0.2) is 194 Å². The number of hydrogen-bond acceptors (Lipinski definition) is 5. The molecule has 3 aromatic heterocycles. The Morgan fingerprint density at radius 3 is 1.38 bits per heavy atom. The van der Waals surface area contributed by atoms with E-state index in [1.807, 2.05) is 72.0 Å². The summed E-state index contributed by atoms with van der Waals surface area (Å²) in [5.74, 6) is 1.93. The molecule has 7 aromatic carbocycles. The lowest BCUT2D eigenvalue weighted by molar-refractivity contribution is 1.07. The molecule has 10 rings (SSSR count). The van der Waals surface area contributed by atoms with Crippen molar-refractivity contribution in [3.63, 3.8) is 0 Å². The Bertz CT molecular complexity index is 2890. The van der Waals surface area contributed by atoms with E-state index in [4.69, 9.17) is 19.9 Å². The predicted molar refractivity (Wildman–Crippen MR) is 229 cm³/mol. The van der Waals surface area contributed by atoms with Crippen LogP contribution in [0.25, 0.3) is 99.1 Å². The van der Waals surface area contributed by atoms with Crippen LogP contribution in [-0.4, -0.2) is 19.9 Å². The Kier molecular flexibility index (Phi) is 8.32. The highest BCUT2D eigenvalue weighted by molar-refractivity contribution is 7.23. The minimum Gasteiger partial charge on any atom is -0.246 e. The molecule has 0 fully saturated rings. The number of benzene rings is 7. The summed E-state index contributed by atoms with van der Waals surface area (Å²) in [6, 6.07) is 67.4. The number of nitrogens with zero attached hydrogens (tertiary/aromatic N) is 4. The number of thiophene rings is 1. The lowest BCUT2D eigenvalue weighted by atomic mass is 9.95. The van der Waals surface area contributed by atoms with Gasteiger partial charge in [0.25, 0.3) is 0 Å². The van der Waals surface area contributed by atoms with Crippen molar-refractivity contribution in [2.24, 2.45) is 0 Å². The molecule has 0 aliphatic heterocycles. The summed E-state index contributed by atoms with van der Waals surface area (Å²) in [6.45, 7) is 0. The predicted octanol–water partition coefficient (Wildman–Crippen LogP) is 13.3. The first kappa shape index (κ1) is 32.6. The second kappa shape index (κ2) is 14.0. The molecule has 0 N–H and O–H groups in total. The highest BCUT2D eigenvalue weighted by Crippen LogP contribution is 2.50. The maximum absolute atomic E-state index is 5.36. The second-order valence-electron chi connectivity index (χ2n) is 13.4. The molecule has 0 amide bonds. The molecule has 0 bridgehead atoms. The van der Waals surface area contributed by atoms with Crippen molar-refractivity contribution in [2.75, 3.05) is 0 Å². The Labute approximate surface area is 323 Å². The van der Waals surface area contributed by atoms with E-state index in [0.717, 1.165) is 50.0 Å². The van der Waals surface area contributed by atoms with Gasteiger partial charge in [0, 0.05) is 43.5 Å². The molecule has 4 nitrogen and oxygen atoms in total. The van der Waals surface area contributed by atoms with E-state index in [-0.39, 0.29) is 0 Å². The molecule has 0 aliphatic rings. The van der Waals surface area contributed by atoms with Gasteiger partial charge in [0.15, 0.2) is 17.5 Å². The Hall–Kier alpha value is -7.08. The van der Waals surface area contributed by atoms with E-state index < -0.39 is 0 Å². The molecule has 0 spiro atoms. The highest BCUT2D eigenvalue weighted by Gasteiger charge is 2.22. The normalized spacial score (nSPS) is 11.3. The van der Waals surface area contributed by atoms with Gasteiger partial charge in [-0.2, -0.15) is 0 Å². The standard InChI is InChI=1S/C50H32N4S/c1-5-16-34(17-6-1)43-44-41-26-13-14-27-42(41)51-45(47(44)55-46(43)35-18-7-2-8-19-35)40-25-15-24-39(32-40)33-28-30-38(31-29-33)50-53-48(36-20-9-3-10-21-36)52-49(54-50)37-22-11-4-12-23-37/h1-32H. The van der Waals surface area contributed by atoms with Crippen LogP contribution < -0.4 is 0 Å². The van der Waals surface area contributed by atoms with E-state index in [0.29, 0.717) is 17.5 Å². The molecule has 0 radical (unpaired) electrons. The number of aromatic nitrogens is 4. The topological polar surface area (TPSA) is 51.6 Å². The molecule has 0 saturated heterocycles. The molecule has 10 aromatic rings. The third-order valence-electron chi connectivity index (χ3n) is 9.94. The number of fused-ring (bicyclic) bond motifs is 3. The van der Waals surface area contributed by atoms with Gasteiger partial charge in [0.2, 0.25) is 0 Å². The van der Waals surface area contributed by atoms with Crippen LogP contribution in [0.4, 0.5) is 0 Å². The summed E-state index contributed by atoms with van der Waals surface area (Å²) in [7, 11) is 0. The Morgan fingerprint density at radius 2 is 0.782 bits per heavy atom. The summed E-state index contributed by atoms with van der Waals surface area (Å²) in [5.41, 5.74) is 11.7. The smallest absolute Gasteiger partial charge is 0.164 e. The van der Waals surface area contributed by atoms with Crippen molar-refractivity contribution in [3.05, 3.63) is 194 Å². The summed E-state index contributed by atoms with van der Waals surface area (Å²) < 4.78 is 1.18. The van der Waals surface area contributed by atoms with Crippen LogP contribution in [0, 0.1) is 0 Å². The summed E-state index contributed by atoms with van der Waals surface area (Å²) in [4.78, 5) is 21.3. The molecule has 258 valence electrons. The molecule has 5 heteroatoms. The molecule has 55 heavy (non-hydrogen) atoms. The third kappa shape index (κ3) is 6.17. The largest absolute Gasteiger partial charge is 0.246 e. The fraction of sp³-hybridized carbons (Fsp3) is 0. The average Bonchev–Trinajstić information content (AvgIpc) is 3.69. The average molecular weight is 721 g/mol. The van der Waals surface area contributed by atoms with Crippen LogP contribution >= 0.6 is 11.3 Å². The molecular formula is C50H32N4S. The van der Waals surface area contributed by atoms with Gasteiger partial charge in [-0.25, -0.2) is 19.9 Å². The number of para-hydroxylation sites is 1. The monoisotopic (exact) mass is 720 g/mol. The first-order valence-corrected chi connectivity index (χ1v) is 19.1.